The van der Waals surface area contributed by atoms with E-state index in [0.29, 0.717) is 17.9 Å². The molecule has 4 heteroatoms. The van der Waals surface area contributed by atoms with Crippen LogP contribution in [0.2, 0.25) is 0 Å². The van der Waals surface area contributed by atoms with E-state index in [-0.39, 0.29) is 11.5 Å². The molecule has 0 radical (unpaired) electrons. The van der Waals surface area contributed by atoms with Crippen LogP contribution in [-0.4, -0.2) is 10.9 Å². The molecule has 0 fully saturated rings. The summed E-state index contributed by atoms with van der Waals surface area (Å²) < 4.78 is 6.51. The van der Waals surface area contributed by atoms with Crippen LogP contribution in [-0.2, 0) is 6.61 Å². The number of Topliss-reactive ketones (excluding diaryl/α,β-unsaturated/α-hetero) is 1. The maximum absolute atomic E-state index is 11.5. The number of ether oxygens (including phenoxy) is 1. The second-order valence-electron chi connectivity index (χ2n) is 4.16. The van der Waals surface area contributed by atoms with Crippen LogP contribution in [0.5, 0.6) is 11.5 Å². The van der Waals surface area contributed by atoms with Gasteiger partial charge in [0.25, 0.3) is 0 Å². The van der Waals surface area contributed by atoms with E-state index in [4.69, 9.17) is 4.74 Å². The topological polar surface area (TPSA) is 46.5 Å². The summed E-state index contributed by atoms with van der Waals surface area (Å²) in [7, 11) is 0. The van der Waals surface area contributed by atoms with Gasteiger partial charge in [-0.25, -0.2) is 0 Å². The number of hydrogen-bond acceptors (Lipinski definition) is 3. The van der Waals surface area contributed by atoms with E-state index in [9.17, 15) is 9.90 Å². The molecule has 0 aliphatic rings. The first-order valence-corrected chi connectivity index (χ1v) is 6.57. The molecule has 0 amide bonds. The van der Waals surface area contributed by atoms with Crippen molar-refractivity contribution in [1.82, 2.24) is 0 Å². The number of benzene rings is 2. The molecule has 0 spiro atoms. The average molecular weight is 321 g/mol. The van der Waals surface area contributed by atoms with E-state index in [0.717, 1.165) is 10.0 Å². The van der Waals surface area contributed by atoms with Crippen LogP contribution >= 0.6 is 15.9 Å². The van der Waals surface area contributed by atoms with Gasteiger partial charge in [0.15, 0.2) is 5.78 Å². The van der Waals surface area contributed by atoms with Crippen LogP contribution in [0.25, 0.3) is 0 Å². The van der Waals surface area contributed by atoms with Gasteiger partial charge in [0, 0.05) is 4.47 Å². The molecule has 98 valence electrons. The van der Waals surface area contributed by atoms with E-state index in [1.807, 2.05) is 6.07 Å². The summed E-state index contributed by atoms with van der Waals surface area (Å²) in [6.07, 6.45) is 0. The van der Waals surface area contributed by atoms with Crippen LogP contribution in [0.15, 0.2) is 46.9 Å². The molecule has 0 aliphatic heterocycles. The van der Waals surface area contributed by atoms with Gasteiger partial charge in [-0.1, -0.05) is 28.1 Å². The normalized spacial score (nSPS) is 10.2. The lowest BCUT2D eigenvalue weighted by atomic mass is 10.1. The fourth-order valence-electron chi connectivity index (χ4n) is 1.71. The van der Waals surface area contributed by atoms with Crippen LogP contribution < -0.4 is 4.74 Å². The predicted octanol–water partition coefficient (Wildman–Crippen LogP) is 3.94. The quantitative estimate of drug-likeness (QED) is 0.868. The number of carbonyl (C=O) groups is 1. The summed E-state index contributed by atoms with van der Waals surface area (Å²) in [5.41, 5.74) is 1.39. The number of phenolic OH excluding ortho intramolecular Hbond substituents is 1. The molecule has 0 atom stereocenters. The van der Waals surface area contributed by atoms with Gasteiger partial charge in [0.2, 0.25) is 0 Å². The molecule has 19 heavy (non-hydrogen) atoms. The number of halogens is 1. The van der Waals surface area contributed by atoms with Crippen molar-refractivity contribution in [3.05, 3.63) is 58.1 Å². The van der Waals surface area contributed by atoms with Crippen molar-refractivity contribution in [2.24, 2.45) is 0 Å². The molecule has 0 bridgehead atoms. The van der Waals surface area contributed by atoms with Crippen LogP contribution in [0.1, 0.15) is 22.8 Å². The lowest BCUT2D eigenvalue weighted by molar-refractivity contribution is 0.101. The van der Waals surface area contributed by atoms with E-state index in [1.165, 1.54) is 6.92 Å². The van der Waals surface area contributed by atoms with Crippen LogP contribution in [0, 0.1) is 0 Å². The number of ketones is 1. The monoisotopic (exact) mass is 320 g/mol. The van der Waals surface area contributed by atoms with Gasteiger partial charge in [-0.3, -0.25) is 4.79 Å². The molecule has 0 unspecified atom stereocenters. The van der Waals surface area contributed by atoms with Crippen molar-refractivity contribution in [3.63, 3.8) is 0 Å². The molecule has 0 saturated heterocycles. The summed E-state index contributed by atoms with van der Waals surface area (Å²) in [5, 5.41) is 9.38. The maximum atomic E-state index is 11.5. The van der Waals surface area contributed by atoms with Crippen LogP contribution in [0.4, 0.5) is 0 Å². The molecule has 1 N–H and O–H groups in total. The first kappa shape index (κ1) is 13.6. The zero-order chi connectivity index (χ0) is 13.8. The molecular formula is C15H13BrO3. The summed E-state index contributed by atoms with van der Waals surface area (Å²) >= 11 is 3.35. The Morgan fingerprint density at radius 3 is 2.74 bits per heavy atom. The largest absolute Gasteiger partial charge is 0.508 e. The van der Waals surface area contributed by atoms with Crippen molar-refractivity contribution in [2.75, 3.05) is 0 Å². The molecule has 2 rings (SSSR count). The van der Waals surface area contributed by atoms with Crippen molar-refractivity contribution >= 4 is 21.7 Å². The Hall–Kier alpha value is -1.81. The van der Waals surface area contributed by atoms with E-state index >= 15 is 0 Å². The van der Waals surface area contributed by atoms with Crippen molar-refractivity contribution in [3.8, 4) is 11.5 Å². The minimum atomic E-state index is -0.0431. The highest BCUT2D eigenvalue weighted by Gasteiger charge is 2.09. The fraction of sp³-hybridized carbons (Fsp3) is 0.133. The highest BCUT2D eigenvalue weighted by Crippen LogP contribution is 2.25. The fourth-order valence-corrected chi connectivity index (χ4v) is 2.05. The zero-order valence-electron chi connectivity index (χ0n) is 10.4. The summed E-state index contributed by atoms with van der Waals surface area (Å²) in [6, 6.07) is 12.1. The summed E-state index contributed by atoms with van der Waals surface area (Å²) in [4.78, 5) is 11.5. The molecule has 0 aromatic heterocycles. The minimum absolute atomic E-state index is 0.0431. The Bertz CT molecular complexity index is 608. The summed E-state index contributed by atoms with van der Waals surface area (Å²) in [5.74, 6) is 0.686. The van der Waals surface area contributed by atoms with E-state index in [1.54, 1.807) is 36.4 Å². The van der Waals surface area contributed by atoms with Gasteiger partial charge < -0.3 is 9.84 Å². The SMILES string of the molecule is CC(=O)c1ccc(Br)cc1OCc1cccc(O)c1. The van der Waals surface area contributed by atoms with Gasteiger partial charge in [0.05, 0.1) is 5.56 Å². The Balaban J connectivity index is 2.19. The molecule has 3 nitrogen and oxygen atoms in total. The van der Waals surface area contributed by atoms with Crippen molar-refractivity contribution < 1.29 is 14.6 Å². The number of rotatable bonds is 4. The van der Waals surface area contributed by atoms with Gasteiger partial charge in [-0.15, -0.1) is 0 Å². The van der Waals surface area contributed by atoms with Crippen molar-refractivity contribution in [2.45, 2.75) is 13.5 Å². The Kier molecular flexibility index (Phi) is 4.22. The lowest BCUT2D eigenvalue weighted by Gasteiger charge is -2.10. The van der Waals surface area contributed by atoms with Gasteiger partial charge in [-0.05, 0) is 42.8 Å². The molecule has 2 aromatic rings. The highest BCUT2D eigenvalue weighted by atomic mass is 79.9. The third-order valence-corrected chi connectivity index (χ3v) is 3.12. The minimum Gasteiger partial charge on any atom is -0.508 e. The van der Waals surface area contributed by atoms with Crippen molar-refractivity contribution in [1.29, 1.82) is 0 Å². The molecular weight excluding hydrogens is 308 g/mol. The zero-order valence-corrected chi connectivity index (χ0v) is 12.0. The third kappa shape index (κ3) is 3.58. The maximum Gasteiger partial charge on any atom is 0.163 e. The number of aromatic hydroxyl groups is 1. The highest BCUT2D eigenvalue weighted by molar-refractivity contribution is 9.10. The third-order valence-electron chi connectivity index (χ3n) is 2.63. The molecule has 0 saturated carbocycles. The number of phenols is 1. The lowest BCUT2D eigenvalue weighted by Crippen LogP contribution is -2.01. The van der Waals surface area contributed by atoms with Gasteiger partial charge >= 0.3 is 0 Å². The Labute approximate surface area is 120 Å². The van der Waals surface area contributed by atoms with Gasteiger partial charge in [0.1, 0.15) is 18.1 Å². The second-order valence-corrected chi connectivity index (χ2v) is 5.07. The number of hydrogen-bond donors (Lipinski definition) is 1. The molecule has 2 aromatic carbocycles. The first-order chi connectivity index (χ1) is 9.06. The molecule has 0 heterocycles. The smallest absolute Gasteiger partial charge is 0.163 e. The summed E-state index contributed by atoms with van der Waals surface area (Å²) in [6.45, 7) is 1.80. The Morgan fingerprint density at radius 2 is 2.05 bits per heavy atom. The number of carbonyl (C=O) groups excluding carboxylic acids is 1. The second kappa shape index (κ2) is 5.89. The predicted molar refractivity (Wildman–Crippen MR) is 76.6 cm³/mol. The standard InChI is InChI=1S/C15H13BrO3/c1-10(17)14-6-5-12(16)8-15(14)19-9-11-3-2-4-13(18)7-11/h2-8,18H,9H2,1H3. The first-order valence-electron chi connectivity index (χ1n) is 5.77. The van der Waals surface area contributed by atoms with E-state index in [2.05, 4.69) is 15.9 Å². The van der Waals surface area contributed by atoms with E-state index < -0.39 is 0 Å². The Morgan fingerprint density at radius 1 is 1.26 bits per heavy atom. The van der Waals surface area contributed by atoms with Crippen LogP contribution in [0.3, 0.4) is 0 Å². The molecule has 0 aliphatic carbocycles. The van der Waals surface area contributed by atoms with Gasteiger partial charge in [-0.2, -0.15) is 0 Å². The average Bonchev–Trinajstić information content (AvgIpc) is 2.36.